The smallest absolute Gasteiger partial charge is 0.128 e. The Balaban J connectivity index is 1.52. The molecule has 0 aliphatic heterocycles. The predicted octanol–water partition coefficient (Wildman–Crippen LogP) is 0.825. The Labute approximate surface area is 142 Å². The van der Waals surface area contributed by atoms with E-state index < -0.39 is 0 Å². The molecule has 7 nitrogen and oxygen atoms in total. The first kappa shape index (κ1) is 16.9. The van der Waals surface area contributed by atoms with Gasteiger partial charge in [0.1, 0.15) is 5.82 Å². The van der Waals surface area contributed by atoms with Crippen molar-refractivity contribution in [2.24, 2.45) is 0 Å². The number of rotatable bonds is 8. The normalized spacial score (nSPS) is 23.0. The first-order valence-corrected chi connectivity index (χ1v) is 8.24. The molecule has 3 atom stereocenters. The largest absolute Gasteiger partial charge is 0.391 e. The lowest BCUT2D eigenvalue weighted by Gasteiger charge is -2.42. The molecule has 0 unspecified atom stereocenters. The van der Waals surface area contributed by atoms with Gasteiger partial charge in [-0.25, -0.2) is 4.98 Å². The van der Waals surface area contributed by atoms with Gasteiger partial charge in [0.2, 0.25) is 0 Å². The molecule has 1 saturated carbocycles. The van der Waals surface area contributed by atoms with Crippen LogP contribution in [0.25, 0.3) is 0 Å². The number of aliphatic hydroxyl groups excluding tert-OH is 1. The molecule has 7 heteroatoms. The Morgan fingerprint density at radius 3 is 2.96 bits per heavy atom. The van der Waals surface area contributed by atoms with Gasteiger partial charge in [0, 0.05) is 51.9 Å². The SMILES string of the molecule is COCCN(C)c1ccc(CN[C@H]2C[C@@H](O)[C@@H]2n2cccn2)cn1. The van der Waals surface area contributed by atoms with Crippen molar-refractivity contribution in [3.63, 3.8) is 0 Å². The van der Waals surface area contributed by atoms with Crippen molar-refractivity contribution in [3.05, 3.63) is 42.4 Å². The second kappa shape index (κ2) is 7.74. The third-order valence-electron chi connectivity index (χ3n) is 4.53. The highest BCUT2D eigenvalue weighted by Crippen LogP contribution is 2.32. The van der Waals surface area contributed by atoms with Crippen LogP contribution in [0.2, 0.25) is 0 Å². The molecule has 2 aromatic heterocycles. The summed E-state index contributed by atoms with van der Waals surface area (Å²) >= 11 is 0. The van der Waals surface area contributed by atoms with E-state index in [-0.39, 0.29) is 18.2 Å². The van der Waals surface area contributed by atoms with E-state index in [2.05, 4.69) is 26.4 Å². The van der Waals surface area contributed by atoms with Crippen LogP contribution in [0.15, 0.2) is 36.8 Å². The molecule has 0 aromatic carbocycles. The van der Waals surface area contributed by atoms with Crippen LogP contribution >= 0.6 is 0 Å². The number of nitrogens with one attached hydrogen (secondary N) is 1. The van der Waals surface area contributed by atoms with Crippen LogP contribution in [-0.2, 0) is 11.3 Å². The summed E-state index contributed by atoms with van der Waals surface area (Å²) in [6.07, 6.45) is 5.94. The van der Waals surface area contributed by atoms with Crippen molar-refractivity contribution in [1.82, 2.24) is 20.1 Å². The van der Waals surface area contributed by atoms with Gasteiger partial charge in [0.05, 0.1) is 18.8 Å². The molecule has 2 aromatic rings. The summed E-state index contributed by atoms with van der Waals surface area (Å²) in [4.78, 5) is 6.57. The number of hydrogen-bond donors (Lipinski definition) is 2. The Bertz CT molecular complexity index is 616. The maximum absolute atomic E-state index is 9.99. The number of hydrogen-bond acceptors (Lipinski definition) is 6. The van der Waals surface area contributed by atoms with Gasteiger partial charge in [-0.1, -0.05) is 6.07 Å². The molecule has 1 fully saturated rings. The van der Waals surface area contributed by atoms with Crippen LogP contribution in [0.3, 0.4) is 0 Å². The highest BCUT2D eigenvalue weighted by molar-refractivity contribution is 5.38. The van der Waals surface area contributed by atoms with E-state index in [1.165, 1.54) is 0 Å². The van der Waals surface area contributed by atoms with Gasteiger partial charge in [-0.05, 0) is 24.1 Å². The lowest BCUT2D eigenvalue weighted by molar-refractivity contribution is -0.00822. The van der Waals surface area contributed by atoms with Gasteiger partial charge < -0.3 is 20.1 Å². The zero-order valence-electron chi connectivity index (χ0n) is 14.2. The van der Waals surface area contributed by atoms with Gasteiger partial charge >= 0.3 is 0 Å². The zero-order valence-corrected chi connectivity index (χ0v) is 14.2. The van der Waals surface area contributed by atoms with Gasteiger partial charge in [-0.15, -0.1) is 0 Å². The highest BCUT2D eigenvalue weighted by atomic mass is 16.5. The van der Waals surface area contributed by atoms with E-state index in [0.29, 0.717) is 6.61 Å². The number of methoxy groups -OCH3 is 1. The first-order valence-electron chi connectivity index (χ1n) is 8.24. The predicted molar refractivity (Wildman–Crippen MR) is 91.9 cm³/mol. The molecule has 0 radical (unpaired) electrons. The fourth-order valence-corrected chi connectivity index (χ4v) is 2.97. The van der Waals surface area contributed by atoms with Crippen molar-refractivity contribution in [3.8, 4) is 0 Å². The van der Waals surface area contributed by atoms with Crippen molar-refractivity contribution >= 4 is 5.82 Å². The summed E-state index contributed by atoms with van der Waals surface area (Å²) in [6, 6.07) is 6.21. The lowest BCUT2D eigenvalue weighted by atomic mass is 9.83. The molecule has 0 saturated heterocycles. The maximum Gasteiger partial charge on any atom is 0.128 e. The minimum absolute atomic E-state index is 0.00686. The second-order valence-corrected chi connectivity index (χ2v) is 6.21. The molecular weight excluding hydrogens is 306 g/mol. The molecular formula is C17H25N5O2. The Morgan fingerprint density at radius 2 is 2.33 bits per heavy atom. The molecule has 0 amide bonds. The molecule has 0 spiro atoms. The van der Waals surface area contributed by atoms with Crippen molar-refractivity contribution in [2.45, 2.75) is 31.2 Å². The highest BCUT2D eigenvalue weighted by Gasteiger charge is 2.41. The fourth-order valence-electron chi connectivity index (χ4n) is 2.97. The van der Waals surface area contributed by atoms with Crippen LogP contribution in [-0.4, -0.2) is 59.3 Å². The summed E-state index contributed by atoms with van der Waals surface area (Å²) < 4.78 is 6.92. The quantitative estimate of drug-likeness (QED) is 0.746. The number of pyridine rings is 1. The summed E-state index contributed by atoms with van der Waals surface area (Å²) in [5.41, 5.74) is 1.12. The average molecular weight is 331 g/mol. The van der Waals surface area contributed by atoms with Crippen LogP contribution < -0.4 is 10.2 Å². The van der Waals surface area contributed by atoms with E-state index in [9.17, 15) is 5.11 Å². The number of anilines is 1. The van der Waals surface area contributed by atoms with Crippen molar-refractivity contribution in [2.75, 3.05) is 32.2 Å². The zero-order chi connectivity index (χ0) is 16.9. The second-order valence-electron chi connectivity index (χ2n) is 6.21. The first-order chi connectivity index (χ1) is 11.7. The standard InChI is InChI=1S/C17H25N5O2/c1-21(8-9-24-2)16-5-4-13(12-19-16)11-18-14-10-15(23)17(14)22-7-3-6-20-22/h3-7,12,14-15,17-18,23H,8-11H2,1-2H3/t14-,15+,17+/m0/s1. The minimum atomic E-state index is -0.336. The molecule has 2 heterocycles. The molecule has 130 valence electrons. The number of aliphatic hydroxyl groups is 1. The molecule has 1 aliphatic rings. The van der Waals surface area contributed by atoms with E-state index >= 15 is 0 Å². The molecule has 3 rings (SSSR count). The monoisotopic (exact) mass is 331 g/mol. The Hall–Kier alpha value is -1.96. The topological polar surface area (TPSA) is 75.4 Å². The third kappa shape index (κ3) is 3.75. The van der Waals surface area contributed by atoms with Crippen LogP contribution in [0.4, 0.5) is 5.82 Å². The maximum atomic E-state index is 9.99. The number of nitrogens with zero attached hydrogens (tertiary/aromatic N) is 4. The average Bonchev–Trinajstić information content (AvgIpc) is 3.10. The molecule has 1 aliphatic carbocycles. The van der Waals surface area contributed by atoms with E-state index in [4.69, 9.17) is 4.74 Å². The summed E-state index contributed by atoms with van der Waals surface area (Å²) in [6.45, 7) is 2.22. The van der Waals surface area contributed by atoms with E-state index in [1.807, 2.05) is 36.3 Å². The lowest BCUT2D eigenvalue weighted by Crippen LogP contribution is -2.54. The fraction of sp³-hybridized carbons (Fsp3) is 0.529. The van der Waals surface area contributed by atoms with E-state index in [0.717, 1.165) is 30.9 Å². The van der Waals surface area contributed by atoms with Gasteiger partial charge in [0.15, 0.2) is 0 Å². The molecule has 24 heavy (non-hydrogen) atoms. The van der Waals surface area contributed by atoms with Crippen LogP contribution in [0.1, 0.15) is 18.0 Å². The Kier molecular flexibility index (Phi) is 5.44. The van der Waals surface area contributed by atoms with Gasteiger partial charge in [-0.3, -0.25) is 4.68 Å². The third-order valence-corrected chi connectivity index (χ3v) is 4.53. The van der Waals surface area contributed by atoms with Gasteiger partial charge in [-0.2, -0.15) is 5.10 Å². The Morgan fingerprint density at radius 1 is 1.46 bits per heavy atom. The number of likely N-dealkylation sites (N-methyl/N-ethyl adjacent to an activating group) is 1. The van der Waals surface area contributed by atoms with E-state index in [1.54, 1.807) is 13.3 Å². The van der Waals surface area contributed by atoms with Crippen molar-refractivity contribution in [1.29, 1.82) is 0 Å². The molecule has 2 N–H and O–H groups in total. The van der Waals surface area contributed by atoms with Gasteiger partial charge in [0.25, 0.3) is 0 Å². The summed E-state index contributed by atoms with van der Waals surface area (Å²) in [7, 11) is 3.70. The van der Waals surface area contributed by atoms with Crippen LogP contribution in [0, 0.1) is 0 Å². The number of ether oxygens (including phenoxy) is 1. The summed E-state index contributed by atoms with van der Waals surface area (Å²) in [5.74, 6) is 0.935. The molecule has 0 bridgehead atoms. The minimum Gasteiger partial charge on any atom is -0.391 e. The number of aromatic nitrogens is 3. The van der Waals surface area contributed by atoms with Crippen molar-refractivity contribution < 1.29 is 9.84 Å². The van der Waals surface area contributed by atoms with Crippen LogP contribution in [0.5, 0.6) is 0 Å². The summed E-state index contributed by atoms with van der Waals surface area (Å²) in [5, 5.41) is 17.7.